The number of carbonyl (C=O) groups excluding carboxylic acids is 1. The summed E-state index contributed by atoms with van der Waals surface area (Å²) in [6, 6.07) is -0.215. The summed E-state index contributed by atoms with van der Waals surface area (Å²) in [7, 11) is 0. The Morgan fingerprint density at radius 1 is 1.21 bits per heavy atom. The highest BCUT2D eigenvalue weighted by Crippen LogP contribution is 2.22. The van der Waals surface area contributed by atoms with Crippen molar-refractivity contribution in [3.05, 3.63) is 46.9 Å². The van der Waals surface area contributed by atoms with Crippen LogP contribution < -0.4 is 5.32 Å². The SMILES string of the molecule is O=C(C1=CNC(C(=O)O)C1)c1c(F)cc(F)cc1F. The second-order valence-corrected chi connectivity index (χ2v) is 4.00. The van der Waals surface area contributed by atoms with Gasteiger partial charge in [0.15, 0.2) is 5.78 Å². The lowest BCUT2D eigenvalue weighted by molar-refractivity contribution is -0.138. The van der Waals surface area contributed by atoms with Gasteiger partial charge >= 0.3 is 5.97 Å². The number of nitrogens with one attached hydrogen (secondary N) is 1. The number of ketones is 1. The van der Waals surface area contributed by atoms with Crippen molar-refractivity contribution < 1.29 is 27.9 Å². The van der Waals surface area contributed by atoms with Crippen LogP contribution in [0.25, 0.3) is 0 Å². The van der Waals surface area contributed by atoms with Crippen molar-refractivity contribution in [3.8, 4) is 0 Å². The Hall–Kier alpha value is -2.31. The Bertz CT molecular complexity index is 575. The molecular weight excluding hydrogens is 263 g/mol. The zero-order valence-corrected chi connectivity index (χ0v) is 9.41. The maximum absolute atomic E-state index is 13.4. The molecule has 7 heteroatoms. The maximum Gasteiger partial charge on any atom is 0.326 e. The second-order valence-electron chi connectivity index (χ2n) is 4.00. The Morgan fingerprint density at radius 2 is 1.79 bits per heavy atom. The summed E-state index contributed by atoms with van der Waals surface area (Å²) < 4.78 is 39.5. The van der Waals surface area contributed by atoms with E-state index in [9.17, 15) is 22.8 Å². The van der Waals surface area contributed by atoms with Gasteiger partial charge in [-0.2, -0.15) is 0 Å². The number of aliphatic carboxylic acids is 1. The summed E-state index contributed by atoms with van der Waals surface area (Å²) in [5, 5.41) is 11.1. The van der Waals surface area contributed by atoms with E-state index in [2.05, 4.69) is 5.32 Å². The number of carboxylic acid groups (broad SMARTS) is 1. The van der Waals surface area contributed by atoms with E-state index < -0.39 is 40.8 Å². The molecule has 0 bridgehead atoms. The molecule has 19 heavy (non-hydrogen) atoms. The van der Waals surface area contributed by atoms with Gasteiger partial charge in [0.2, 0.25) is 0 Å². The normalized spacial score (nSPS) is 17.8. The number of halogens is 3. The summed E-state index contributed by atoms with van der Waals surface area (Å²) in [5.41, 5.74) is -0.961. The van der Waals surface area contributed by atoms with Gasteiger partial charge in [-0.25, -0.2) is 18.0 Å². The fourth-order valence-electron chi connectivity index (χ4n) is 1.78. The van der Waals surface area contributed by atoms with Crippen molar-refractivity contribution in [2.75, 3.05) is 0 Å². The highest BCUT2D eigenvalue weighted by atomic mass is 19.1. The maximum atomic E-state index is 13.4. The van der Waals surface area contributed by atoms with Crippen LogP contribution in [0.2, 0.25) is 0 Å². The molecular formula is C12H8F3NO3. The molecule has 0 aliphatic carbocycles. The molecule has 1 atom stereocenters. The zero-order valence-electron chi connectivity index (χ0n) is 9.41. The average molecular weight is 271 g/mol. The van der Waals surface area contributed by atoms with Crippen molar-refractivity contribution in [2.24, 2.45) is 0 Å². The van der Waals surface area contributed by atoms with Crippen LogP contribution in [0.1, 0.15) is 16.8 Å². The van der Waals surface area contributed by atoms with Crippen molar-refractivity contribution in [3.63, 3.8) is 0 Å². The van der Waals surface area contributed by atoms with E-state index >= 15 is 0 Å². The molecule has 0 amide bonds. The van der Waals surface area contributed by atoms with Crippen molar-refractivity contribution in [1.82, 2.24) is 5.32 Å². The predicted octanol–water partition coefficient (Wildman–Crippen LogP) is 1.62. The molecule has 4 nitrogen and oxygen atoms in total. The van der Waals surface area contributed by atoms with Crippen LogP contribution in [0, 0.1) is 17.5 Å². The Labute approximate surface area is 105 Å². The molecule has 1 aromatic carbocycles. The molecule has 0 radical (unpaired) electrons. The Morgan fingerprint density at radius 3 is 2.26 bits per heavy atom. The largest absolute Gasteiger partial charge is 0.480 e. The van der Waals surface area contributed by atoms with Crippen LogP contribution in [0.3, 0.4) is 0 Å². The average Bonchev–Trinajstić information content (AvgIpc) is 2.76. The minimum atomic E-state index is -1.32. The summed E-state index contributed by atoms with van der Waals surface area (Å²) in [4.78, 5) is 22.5. The van der Waals surface area contributed by atoms with Gasteiger partial charge in [0.1, 0.15) is 23.5 Å². The van der Waals surface area contributed by atoms with Gasteiger partial charge in [-0.15, -0.1) is 0 Å². The van der Waals surface area contributed by atoms with Gasteiger partial charge < -0.3 is 10.4 Å². The first-order chi connectivity index (χ1) is 8.90. The number of carboxylic acids is 1. The zero-order chi connectivity index (χ0) is 14.2. The van der Waals surface area contributed by atoms with Gasteiger partial charge in [-0.3, -0.25) is 4.79 Å². The molecule has 2 rings (SSSR count). The van der Waals surface area contributed by atoms with E-state index in [1.807, 2.05) is 0 Å². The summed E-state index contributed by atoms with van der Waals surface area (Å²) in [6.07, 6.45) is 0.910. The van der Waals surface area contributed by atoms with E-state index in [0.717, 1.165) is 6.20 Å². The molecule has 1 aliphatic heterocycles. The topological polar surface area (TPSA) is 66.4 Å². The molecule has 1 aromatic rings. The third kappa shape index (κ3) is 2.44. The van der Waals surface area contributed by atoms with Gasteiger partial charge in [0, 0.05) is 30.3 Å². The number of hydrogen-bond acceptors (Lipinski definition) is 3. The van der Waals surface area contributed by atoms with Crippen molar-refractivity contribution >= 4 is 11.8 Å². The lowest BCUT2D eigenvalue weighted by Crippen LogP contribution is -2.29. The van der Waals surface area contributed by atoms with Gasteiger partial charge in [-0.05, 0) is 0 Å². The second kappa shape index (κ2) is 4.75. The van der Waals surface area contributed by atoms with E-state index in [1.54, 1.807) is 0 Å². The Balaban J connectivity index is 2.30. The minimum Gasteiger partial charge on any atom is -0.480 e. The van der Waals surface area contributed by atoms with Gasteiger partial charge in [0.05, 0.1) is 5.56 Å². The van der Waals surface area contributed by atoms with Gasteiger partial charge in [-0.1, -0.05) is 0 Å². The van der Waals surface area contributed by atoms with Crippen LogP contribution in [0.15, 0.2) is 23.9 Å². The van der Waals surface area contributed by atoms with Gasteiger partial charge in [0.25, 0.3) is 0 Å². The van der Waals surface area contributed by atoms with Crippen LogP contribution in [0.5, 0.6) is 0 Å². The molecule has 0 aromatic heterocycles. The molecule has 0 saturated carbocycles. The molecule has 1 heterocycles. The first-order valence-corrected chi connectivity index (χ1v) is 5.27. The summed E-state index contributed by atoms with van der Waals surface area (Å²) in [5.74, 6) is -5.94. The molecule has 0 saturated heterocycles. The molecule has 1 aliphatic rings. The van der Waals surface area contributed by atoms with Crippen molar-refractivity contribution in [2.45, 2.75) is 12.5 Å². The fraction of sp³-hybridized carbons (Fsp3) is 0.167. The first kappa shape index (κ1) is 13.1. The van der Waals surface area contributed by atoms with E-state index in [1.165, 1.54) is 0 Å². The minimum absolute atomic E-state index is 0.0724. The van der Waals surface area contributed by atoms with E-state index in [-0.39, 0.29) is 12.0 Å². The number of Topliss-reactive ketones (excluding diaryl/α,β-unsaturated/α-hetero) is 1. The third-order valence-corrected chi connectivity index (χ3v) is 2.71. The smallest absolute Gasteiger partial charge is 0.326 e. The Kier molecular flexibility index (Phi) is 3.28. The monoisotopic (exact) mass is 271 g/mol. The number of benzene rings is 1. The van der Waals surface area contributed by atoms with Crippen LogP contribution in [-0.4, -0.2) is 22.9 Å². The van der Waals surface area contributed by atoms with Crippen LogP contribution in [-0.2, 0) is 4.79 Å². The molecule has 0 spiro atoms. The lowest BCUT2D eigenvalue weighted by atomic mass is 10.00. The quantitative estimate of drug-likeness (QED) is 0.820. The number of carbonyl (C=O) groups is 2. The van der Waals surface area contributed by atoms with Crippen LogP contribution in [0.4, 0.5) is 13.2 Å². The van der Waals surface area contributed by atoms with Crippen LogP contribution >= 0.6 is 0 Å². The van der Waals surface area contributed by atoms with E-state index in [4.69, 9.17) is 5.11 Å². The van der Waals surface area contributed by atoms with Crippen molar-refractivity contribution in [1.29, 1.82) is 0 Å². The fourth-order valence-corrected chi connectivity index (χ4v) is 1.78. The first-order valence-electron chi connectivity index (χ1n) is 5.27. The lowest BCUT2D eigenvalue weighted by Gasteiger charge is -2.06. The highest BCUT2D eigenvalue weighted by Gasteiger charge is 2.30. The summed E-state index contributed by atoms with van der Waals surface area (Å²) in [6.45, 7) is 0. The standard InChI is InChI=1S/C12H8F3NO3/c13-6-2-7(14)10(8(15)3-6)11(17)5-1-9(12(18)19)16-4-5/h2-4,9,16H,1H2,(H,18,19). The molecule has 2 N–H and O–H groups in total. The predicted molar refractivity (Wildman–Crippen MR) is 57.9 cm³/mol. The molecule has 100 valence electrons. The highest BCUT2D eigenvalue weighted by molar-refractivity contribution is 6.09. The van der Waals surface area contributed by atoms with E-state index in [0.29, 0.717) is 12.1 Å². The number of hydrogen-bond donors (Lipinski definition) is 2. The third-order valence-electron chi connectivity index (χ3n) is 2.71. The molecule has 0 fully saturated rings. The summed E-state index contributed by atoms with van der Waals surface area (Å²) >= 11 is 0. The number of rotatable bonds is 3. The molecule has 1 unspecified atom stereocenters.